The van der Waals surface area contributed by atoms with Gasteiger partial charge in [-0.1, -0.05) is 35.5 Å². The number of hydrogen-bond acceptors (Lipinski definition) is 5. The topological polar surface area (TPSA) is 70.2 Å². The molecule has 0 atom stereocenters. The smallest absolute Gasteiger partial charge is 0.262 e. The van der Waals surface area contributed by atoms with Gasteiger partial charge in [0.15, 0.2) is 0 Å². The Morgan fingerprint density at radius 1 is 0.903 bits per heavy atom. The molecule has 6 nitrogen and oxygen atoms in total. The molecule has 0 bridgehead atoms. The molecule has 0 N–H and O–H groups in total. The summed E-state index contributed by atoms with van der Waals surface area (Å²) in [5.74, 6) is 0.871. The maximum atomic E-state index is 13.4. The Hall–Kier alpha value is -4.26. The van der Waals surface area contributed by atoms with Crippen LogP contribution in [0.4, 0.5) is 4.39 Å². The highest BCUT2D eigenvalue weighted by atomic mass is 19.1. The third kappa shape index (κ3) is 3.26. The Bertz CT molecular complexity index is 1460. The monoisotopic (exact) mass is 413 g/mol. The van der Waals surface area contributed by atoms with Gasteiger partial charge >= 0.3 is 0 Å². The second-order valence-corrected chi connectivity index (χ2v) is 6.86. The lowest BCUT2D eigenvalue weighted by Gasteiger charge is -2.10. The molecule has 5 aromatic rings. The second kappa shape index (κ2) is 7.53. The molecule has 0 fully saturated rings. The van der Waals surface area contributed by atoms with Crippen molar-refractivity contribution < 1.29 is 13.7 Å². The van der Waals surface area contributed by atoms with Gasteiger partial charge in [0, 0.05) is 22.7 Å². The molecule has 0 aliphatic heterocycles. The van der Waals surface area contributed by atoms with Gasteiger partial charge in [0.1, 0.15) is 11.6 Å². The summed E-state index contributed by atoms with van der Waals surface area (Å²) in [7, 11) is 1.58. The number of aromatic nitrogens is 3. The van der Waals surface area contributed by atoms with Crippen LogP contribution >= 0.6 is 0 Å². The lowest BCUT2D eigenvalue weighted by molar-refractivity contribution is 0.413. The first kappa shape index (κ1) is 18.7. The van der Waals surface area contributed by atoms with Gasteiger partial charge in [0.2, 0.25) is 5.82 Å². The van der Waals surface area contributed by atoms with E-state index in [1.165, 1.54) is 16.7 Å². The zero-order valence-corrected chi connectivity index (χ0v) is 16.4. The SMILES string of the molecule is COc1ccccc1-c1noc(-c2cn(-c3ccc(F)cc3)c(=O)c3ccccc23)n1. The molecule has 31 heavy (non-hydrogen) atoms. The normalized spacial score (nSPS) is 11.0. The molecular formula is C24H16FN3O3. The molecule has 0 radical (unpaired) electrons. The first-order chi connectivity index (χ1) is 15.2. The number of ether oxygens (including phenoxy) is 1. The van der Waals surface area contributed by atoms with E-state index < -0.39 is 0 Å². The van der Waals surface area contributed by atoms with Crippen molar-refractivity contribution in [2.75, 3.05) is 7.11 Å². The highest BCUT2D eigenvalue weighted by Gasteiger charge is 2.18. The van der Waals surface area contributed by atoms with Gasteiger partial charge in [0.05, 0.1) is 18.2 Å². The van der Waals surface area contributed by atoms with Crippen molar-refractivity contribution in [1.29, 1.82) is 0 Å². The fourth-order valence-electron chi connectivity index (χ4n) is 3.53. The average molecular weight is 413 g/mol. The summed E-state index contributed by atoms with van der Waals surface area (Å²) in [6.45, 7) is 0. The molecule has 2 aromatic heterocycles. The number of halogens is 1. The molecule has 0 unspecified atom stereocenters. The highest BCUT2D eigenvalue weighted by molar-refractivity contribution is 5.94. The predicted octanol–water partition coefficient (Wildman–Crippen LogP) is 4.86. The van der Waals surface area contributed by atoms with Crippen molar-refractivity contribution in [3.63, 3.8) is 0 Å². The Morgan fingerprint density at radius 3 is 2.39 bits per heavy atom. The number of hydrogen-bond donors (Lipinski definition) is 0. The van der Waals surface area contributed by atoms with Crippen LogP contribution in [-0.4, -0.2) is 21.8 Å². The van der Waals surface area contributed by atoms with Crippen molar-refractivity contribution in [3.05, 3.63) is 95.2 Å². The van der Waals surface area contributed by atoms with Crippen LogP contribution in [-0.2, 0) is 0 Å². The van der Waals surface area contributed by atoms with Gasteiger partial charge in [-0.15, -0.1) is 0 Å². The first-order valence-electron chi connectivity index (χ1n) is 9.53. The second-order valence-electron chi connectivity index (χ2n) is 6.86. The zero-order valence-electron chi connectivity index (χ0n) is 16.4. The van der Waals surface area contributed by atoms with Crippen LogP contribution in [0.1, 0.15) is 0 Å². The molecule has 152 valence electrons. The van der Waals surface area contributed by atoms with E-state index in [0.29, 0.717) is 39.2 Å². The number of rotatable bonds is 4. The summed E-state index contributed by atoms with van der Waals surface area (Å²) in [6, 6.07) is 20.3. The fourth-order valence-corrected chi connectivity index (χ4v) is 3.53. The van der Waals surface area contributed by atoms with Crippen molar-refractivity contribution in [2.45, 2.75) is 0 Å². The number of fused-ring (bicyclic) bond motifs is 1. The first-order valence-corrected chi connectivity index (χ1v) is 9.53. The summed E-state index contributed by atoms with van der Waals surface area (Å²) in [5.41, 5.74) is 1.59. The van der Waals surface area contributed by atoms with E-state index in [1.807, 2.05) is 36.4 Å². The molecule has 0 aliphatic rings. The van der Waals surface area contributed by atoms with Crippen LogP contribution in [0.2, 0.25) is 0 Å². The maximum absolute atomic E-state index is 13.4. The molecule has 7 heteroatoms. The van der Waals surface area contributed by atoms with E-state index in [4.69, 9.17) is 9.26 Å². The number of nitrogens with zero attached hydrogens (tertiary/aromatic N) is 3. The number of benzene rings is 3. The van der Waals surface area contributed by atoms with Gasteiger partial charge in [-0.2, -0.15) is 4.98 Å². The zero-order chi connectivity index (χ0) is 21.4. The van der Waals surface area contributed by atoms with E-state index in [2.05, 4.69) is 10.1 Å². The van der Waals surface area contributed by atoms with Crippen molar-refractivity contribution >= 4 is 10.8 Å². The maximum Gasteiger partial charge on any atom is 0.262 e. The minimum atomic E-state index is -0.379. The molecule has 0 aliphatic carbocycles. The van der Waals surface area contributed by atoms with Crippen LogP contribution in [0.15, 0.2) is 88.3 Å². The Balaban J connectivity index is 1.72. The fraction of sp³-hybridized carbons (Fsp3) is 0.0417. The van der Waals surface area contributed by atoms with Crippen molar-refractivity contribution in [3.8, 4) is 34.3 Å². The molecule has 5 rings (SSSR count). The number of para-hydroxylation sites is 1. The third-order valence-corrected chi connectivity index (χ3v) is 5.03. The lowest BCUT2D eigenvalue weighted by Crippen LogP contribution is -2.18. The van der Waals surface area contributed by atoms with Gasteiger partial charge in [0.25, 0.3) is 11.4 Å². The summed E-state index contributed by atoms with van der Waals surface area (Å²) in [5, 5.41) is 5.28. The average Bonchev–Trinajstić information content (AvgIpc) is 3.30. The van der Waals surface area contributed by atoms with E-state index in [-0.39, 0.29) is 17.3 Å². The van der Waals surface area contributed by atoms with Gasteiger partial charge in [-0.25, -0.2) is 4.39 Å². The van der Waals surface area contributed by atoms with Crippen LogP contribution in [0.3, 0.4) is 0 Å². The Morgan fingerprint density at radius 2 is 1.61 bits per heavy atom. The number of pyridine rings is 1. The molecule has 0 amide bonds. The third-order valence-electron chi connectivity index (χ3n) is 5.03. The lowest BCUT2D eigenvalue weighted by atomic mass is 10.1. The minimum absolute atomic E-state index is 0.226. The van der Waals surface area contributed by atoms with Gasteiger partial charge < -0.3 is 9.26 Å². The van der Waals surface area contributed by atoms with E-state index in [9.17, 15) is 9.18 Å². The Labute approximate surface area is 176 Å². The molecule has 0 spiro atoms. The molecule has 3 aromatic carbocycles. The van der Waals surface area contributed by atoms with E-state index in [1.54, 1.807) is 37.6 Å². The minimum Gasteiger partial charge on any atom is -0.496 e. The van der Waals surface area contributed by atoms with E-state index >= 15 is 0 Å². The molecule has 0 saturated carbocycles. The quantitative estimate of drug-likeness (QED) is 0.421. The van der Waals surface area contributed by atoms with Crippen LogP contribution in [0.25, 0.3) is 39.3 Å². The van der Waals surface area contributed by atoms with Crippen molar-refractivity contribution in [2.24, 2.45) is 0 Å². The molecule has 2 heterocycles. The van der Waals surface area contributed by atoms with Crippen LogP contribution < -0.4 is 10.3 Å². The standard InChI is InChI=1S/C24H16FN3O3/c1-30-21-9-5-4-8-19(21)22-26-23(31-27-22)20-14-28(16-12-10-15(25)11-13-16)24(29)18-7-3-2-6-17(18)20/h2-14H,1H3. The van der Waals surface area contributed by atoms with Crippen molar-refractivity contribution in [1.82, 2.24) is 14.7 Å². The van der Waals surface area contributed by atoms with Gasteiger partial charge in [-0.3, -0.25) is 9.36 Å². The molecular weight excluding hydrogens is 397 g/mol. The Kier molecular flexibility index (Phi) is 4.55. The van der Waals surface area contributed by atoms with Gasteiger partial charge in [-0.05, 0) is 42.5 Å². The summed E-state index contributed by atoms with van der Waals surface area (Å²) >= 11 is 0. The molecule has 0 saturated heterocycles. The summed E-state index contributed by atoms with van der Waals surface area (Å²) in [4.78, 5) is 17.6. The van der Waals surface area contributed by atoms with E-state index in [0.717, 1.165) is 0 Å². The highest BCUT2D eigenvalue weighted by Crippen LogP contribution is 2.31. The number of methoxy groups -OCH3 is 1. The van der Waals surface area contributed by atoms with Crippen LogP contribution in [0, 0.1) is 5.82 Å². The van der Waals surface area contributed by atoms with Crippen LogP contribution in [0.5, 0.6) is 5.75 Å². The predicted molar refractivity (Wildman–Crippen MR) is 115 cm³/mol. The summed E-state index contributed by atoms with van der Waals surface area (Å²) < 4.78 is 25.8. The summed E-state index contributed by atoms with van der Waals surface area (Å²) in [6.07, 6.45) is 1.64. The largest absolute Gasteiger partial charge is 0.496 e.